The van der Waals surface area contributed by atoms with Crippen LogP contribution in [0, 0.1) is 5.21 Å². The summed E-state index contributed by atoms with van der Waals surface area (Å²) in [6.07, 6.45) is 2.70. The molecule has 0 unspecified atom stereocenters. The van der Waals surface area contributed by atoms with Crippen molar-refractivity contribution in [3.8, 4) is 0 Å². The number of aliphatic imine (C=N–C) groups is 2. The van der Waals surface area contributed by atoms with Crippen LogP contribution in [0.2, 0.25) is 0 Å². The minimum atomic E-state index is -0.817. The number of nitrogens with zero attached hydrogens (tertiary/aromatic N) is 3. The molecular formula is C9H8N3O2-. The molecule has 1 aliphatic heterocycles. The van der Waals surface area contributed by atoms with E-state index in [9.17, 15) is 5.21 Å². The zero-order valence-electron chi connectivity index (χ0n) is 7.24. The number of hydroxylamine groups is 2. The summed E-state index contributed by atoms with van der Waals surface area (Å²) < 4.78 is 0. The molecule has 14 heavy (non-hydrogen) atoms. The van der Waals surface area contributed by atoms with E-state index in [0.717, 1.165) is 0 Å². The van der Waals surface area contributed by atoms with Gasteiger partial charge in [-0.15, -0.1) is 0 Å². The Kier molecular flexibility index (Phi) is 2.36. The average molecular weight is 190 g/mol. The third-order valence-corrected chi connectivity index (χ3v) is 1.87. The first kappa shape index (κ1) is 9.01. The maximum atomic E-state index is 10.6. The van der Waals surface area contributed by atoms with Crippen LogP contribution >= 0.6 is 0 Å². The number of hydrogen-bond donors (Lipinski definition) is 1. The maximum absolute atomic E-state index is 10.6. The van der Waals surface area contributed by atoms with E-state index in [0.29, 0.717) is 11.4 Å². The Bertz CT molecular complexity index is 354. The Morgan fingerprint density at radius 2 is 1.64 bits per heavy atom. The SMILES string of the molecule is [O-]N(O)C1C=Nc2ccccc2N=C1. The molecule has 5 nitrogen and oxygen atoms in total. The van der Waals surface area contributed by atoms with E-state index in [2.05, 4.69) is 9.98 Å². The van der Waals surface area contributed by atoms with Crippen LogP contribution in [0.1, 0.15) is 0 Å². The van der Waals surface area contributed by atoms with Crippen molar-refractivity contribution in [2.75, 3.05) is 0 Å². The van der Waals surface area contributed by atoms with Crippen molar-refractivity contribution in [2.45, 2.75) is 6.04 Å². The van der Waals surface area contributed by atoms with Gasteiger partial charge in [-0.1, -0.05) is 12.1 Å². The fourth-order valence-electron chi connectivity index (χ4n) is 1.15. The fraction of sp³-hybridized carbons (Fsp3) is 0.111. The van der Waals surface area contributed by atoms with Crippen LogP contribution in [0.3, 0.4) is 0 Å². The van der Waals surface area contributed by atoms with Gasteiger partial charge in [0.05, 0.1) is 17.4 Å². The van der Waals surface area contributed by atoms with Gasteiger partial charge >= 0.3 is 0 Å². The summed E-state index contributed by atoms with van der Waals surface area (Å²) in [6.45, 7) is 0. The quantitative estimate of drug-likeness (QED) is 0.684. The van der Waals surface area contributed by atoms with E-state index in [1.807, 2.05) is 12.1 Å². The summed E-state index contributed by atoms with van der Waals surface area (Å²) in [4.78, 5) is 8.08. The summed E-state index contributed by atoms with van der Waals surface area (Å²) in [7, 11) is 0. The third kappa shape index (κ3) is 1.69. The number of benzene rings is 1. The van der Waals surface area contributed by atoms with Gasteiger partial charge in [-0.25, -0.2) is 0 Å². The highest BCUT2D eigenvalue weighted by Crippen LogP contribution is 2.27. The molecule has 1 heterocycles. The van der Waals surface area contributed by atoms with Crippen LogP contribution in [0.15, 0.2) is 34.3 Å². The first-order valence-electron chi connectivity index (χ1n) is 4.10. The molecule has 0 aromatic heterocycles. The topological polar surface area (TPSA) is 71.2 Å². The lowest BCUT2D eigenvalue weighted by Gasteiger charge is -2.23. The van der Waals surface area contributed by atoms with Crippen molar-refractivity contribution in [3.63, 3.8) is 0 Å². The van der Waals surface area contributed by atoms with E-state index in [-0.39, 0.29) is 5.23 Å². The monoisotopic (exact) mass is 190 g/mol. The second-order valence-electron chi connectivity index (χ2n) is 2.84. The normalized spacial score (nSPS) is 15.6. The predicted molar refractivity (Wildman–Crippen MR) is 53.5 cm³/mol. The largest absolute Gasteiger partial charge is 0.761 e. The zero-order valence-corrected chi connectivity index (χ0v) is 7.24. The lowest BCUT2D eigenvalue weighted by atomic mass is 10.3. The zero-order chi connectivity index (χ0) is 9.97. The summed E-state index contributed by atoms with van der Waals surface area (Å²) >= 11 is 0. The van der Waals surface area contributed by atoms with Crippen molar-refractivity contribution >= 4 is 23.8 Å². The van der Waals surface area contributed by atoms with Gasteiger partial charge in [-0.3, -0.25) is 15.2 Å². The van der Waals surface area contributed by atoms with E-state index in [1.165, 1.54) is 12.4 Å². The van der Waals surface area contributed by atoms with E-state index < -0.39 is 6.04 Å². The fourth-order valence-corrected chi connectivity index (χ4v) is 1.15. The van der Waals surface area contributed by atoms with E-state index >= 15 is 0 Å². The molecule has 0 saturated carbocycles. The molecule has 0 saturated heterocycles. The molecule has 1 aromatic rings. The van der Waals surface area contributed by atoms with Gasteiger partial charge in [0.25, 0.3) is 0 Å². The molecule has 0 aliphatic carbocycles. The predicted octanol–water partition coefficient (Wildman–Crippen LogP) is 1.66. The molecule has 0 amide bonds. The summed E-state index contributed by atoms with van der Waals surface area (Å²) in [5.74, 6) is 0. The molecule has 2 rings (SSSR count). The summed E-state index contributed by atoms with van der Waals surface area (Å²) in [5, 5.41) is 19.1. The smallest absolute Gasteiger partial charge is 0.0920 e. The lowest BCUT2D eigenvalue weighted by molar-refractivity contribution is -0.0380. The Morgan fingerprint density at radius 3 is 2.07 bits per heavy atom. The van der Waals surface area contributed by atoms with Crippen molar-refractivity contribution in [3.05, 3.63) is 29.5 Å². The van der Waals surface area contributed by atoms with Crippen LogP contribution in [0.4, 0.5) is 11.4 Å². The van der Waals surface area contributed by atoms with Crippen LogP contribution in [-0.4, -0.2) is 28.9 Å². The minimum absolute atomic E-state index is 0.182. The van der Waals surface area contributed by atoms with Gasteiger partial charge < -0.3 is 10.4 Å². The first-order chi connectivity index (χ1) is 6.77. The Morgan fingerprint density at radius 1 is 1.14 bits per heavy atom. The van der Waals surface area contributed by atoms with Gasteiger partial charge in [0.1, 0.15) is 0 Å². The highest BCUT2D eigenvalue weighted by molar-refractivity contribution is 5.93. The van der Waals surface area contributed by atoms with Crippen molar-refractivity contribution in [2.24, 2.45) is 9.98 Å². The van der Waals surface area contributed by atoms with E-state index in [4.69, 9.17) is 5.21 Å². The second-order valence-corrected chi connectivity index (χ2v) is 2.84. The van der Waals surface area contributed by atoms with Gasteiger partial charge in [0.15, 0.2) is 0 Å². The van der Waals surface area contributed by atoms with Crippen LogP contribution in [0.25, 0.3) is 0 Å². The second kappa shape index (κ2) is 3.67. The Balaban J connectivity index is 2.37. The molecule has 0 atom stereocenters. The summed E-state index contributed by atoms with van der Waals surface area (Å²) in [6, 6.07) is 6.43. The highest BCUT2D eigenvalue weighted by Gasteiger charge is 2.07. The standard InChI is InChI=1S/C9H8N3O2/c13-12(14)7-5-10-8-3-1-2-4-9(8)11-6-7/h1-7,13H/q-1. The molecule has 0 bridgehead atoms. The molecule has 0 fully saturated rings. The van der Waals surface area contributed by atoms with Crippen LogP contribution in [0.5, 0.6) is 0 Å². The van der Waals surface area contributed by atoms with Crippen molar-refractivity contribution in [1.82, 2.24) is 5.23 Å². The first-order valence-corrected chi connectivity index (χ1v) is 4.10. The molecule has 1 aromatic carbocycles. The number of hydrogen-bond acceptors (Lipinski definition) is 5. The van der Waals surface area contributed by atoms with Crippen LogP contribution < -0.4 is 0 Å². The lowest BCUT2D eigenvalue weighted by Crippen LogP contribution is -2.29. The molecule has 1 N–H and O–H groups in total. The average Bonchev–Trinajstić information content (AvgIpc) is 2.39. The number of fused-ring (bicyclic) bond motifs is 1. The van der Waals surface area contributed by atoms with Crippen molar-refractivity contribution in [1.29, 1.82) is 0 Å². The molecule has 1 aliphatic rings. The van der Waals surface area contributed by atoms with Crippen LogP contribution in [-0.2, 0) is 0 Å². The summed E-state index contributed by atoms with van der Waals surface area (Å²) in [5.41, 5.74) is 1.38. The molecular weight excluding hydrogens is 182 g/mol. The molecule has 0 radical (unpaired) electrons. The van der Waals surface area contributed by atoms with E-state index in [1.54, 1.807) is 12.1 Å². The Labute approximate surface area is 80.6 Å². The van der Waals surface area contributed by atoms with Crippen molar-refractivity contribution < 1.29 is 5.21 Å². The molecule has 5 heteroatoms. The molecule has 0 spiro atoms. The van der Waals surface area contributed by atoms with Gasteiger partial charge in [-0.05, 0) is 12.1 Å². The highest BCUT2D eigenvalue weighted by atomic mass is 16.8. The van der Waals surface area contributed by atoms with Gasteiger partial charge in [0.2, 0.25) is 0 Å². The van der Waals surface area contributed by atoms with Gasteiger partial charge in [-0.2, -0.15) is 0 Å². The minimum Gasteiger partial charge on any atom is -0.761 e. The number of para-hydroxylation sites is 2. The maximum Gasteiger partial charge on any atom is 0.0920 e. The molecule has 72 valence electrons. The third-order valence-electron chi connectivity index (χ3n) is 1.87. The van der Waals surface area contributed by atoms with Gasteiger partial charge in [0, 0.05) is 12.4 Å². The number of rotatable bonds is 1. The Hall–Kier alpha value is -1.56.